The van der Waals surface area contributed by atoms with Crippen molar-refractivity contribution < 1.29 is 9.21 Å². The molecular formula is C19H20N2O2. The Balaban J connectivity index is 2.03. The molecule has 0 unspecified atom stereocenters. The van der Waals surface area contributed by atoms with Crippen molar-refractivity contribution in [3.05, 3.63) is 47.5 Å². The summed E-state index contributed by atoms with van der Waals surface area (Å²) in [5.41, 5.74) is 5.38. The molecule has 0 atom stereocenters. The Morgan fingerprint density at radius 1 is 1.17 bits per heavy atom. The van der Waals surface area contributed by atoms with E-state index in [1.165, 1.54) is 0 Å². The van der Waals surface area contributed by atoms with Crippen LogP contribution in [0.4, 0.5) is 5.69 Å². The molecule has 0 aliphatic rings. The molecule has 0 bridgehead atoms. The van der Waals surface area contributed by atoms with Crippen molar-refractivity contribution in [3.8, 4) is 11.5 Å². The second-order valence-corrected chi connectivity index (χ2v) is 6.11. The smallest absolute Gasteiger partial charge is 0.227 e. The van der Waals surface area contributed by atoms with E-state index in [4.69, 9.17) is 4.42 Å². The topological polar surface area (TPSA) is 55.1 Å². The lowest BCUT2D eigenvalue weighted by Crippen LogP contribution is -2.18. The summed E-state index contributed by atoms with van der Waals surface area (Å²) < 4.78 is 5.87. The number of fused-ring (bicyclic) bond motifs is 1. The molecule has 1 aromatic heterocycles. The Bertz CT molecular complexity index is 878. The predicted molar refractivity (Wildman–Crippen MR) is 92.4 cm³/mol. The molecule has 1 amide bonds. The van der Waals surface area contributed by atoms with Crippen molar-refractivity contribution >= 4 is 22.7 Å². The molecule has 0 fully saturated rings. The summed E-state index contributed by atoms with van der Waals surface area (Å²) in [7, 11) is 0. The van der Waals surface area contributed by atoms with Crippen molar-refractivity contribution in [2.45, 2.75) is 27.7 Å². The zero-order chi connectivity index (χ0) is 16.6. The summed E-state index contributed by atoms with van der Waals surface area (Å²) in [6.07, 6.45) is 0. The Hall–Kier alpha value is -2.62. The number of benzene rings is 2. The molecule has 0 spiro atoms. The summed E-state index contributed by atoms with van der Waals surface area (Å²) in [6, 6.07) is 11.7. The highest BCUT2D eigenvalue weighted by molar-refractivity contribution is 5.94. The molecule has 0 saturated carbocycles. The average Bonchev–Trinajstić information content (AvgIpc) is 2.91. The number of carbonyl (C=O) groups is 1. The molecule has 0 radical (unpaired) electrons. The number of anilines is 1. The number of amides is 1. The fourth-order valence-electron chi connectivity index (χ4n) is 2.43. The first kappa shape index (κ1) is 15.3. The molecule has 2 aromatic carbocycles. The molecule has 23 heavy (non-hydrogen) atoms. The number of hydrogen-bond acceptors (Lipinski definition) is 3. The molecule has 3 aromatic rings. The molecular weight excluding hydrogens is 288 g/mol. The van der Waals surface area contributed by atoms with Gasteiger partial charge >= 0.3 is 0 Å². The van der Waals surface area contributed by atoms with Gasteiger partial charge in [-0.05, 0) is 49.2 Å². The van der Waals surface area contributed by atoms with Crippen molar-refractivity contribution in [1.82, 2.24) is 4.98 Å². The number of nitrogens with one attached hydrogen (secondary N) is 1. The maximum absolute atomic E-state index is 11.9. The van der Waals surface area contributed by atoms with Crippen LogP contribution in [-0.2, 0) is 4.79 Å². The van der Waals surface area contributed by atoms with E-state index in [0.29, 0.717) is 5.89 Å². The minimum absolute atomic E-state index is 0.00144. The van der Waals surface area contributed by atoms with Gasteiger partial charge in [-0.1, -0.05) is 26.0 Å². The number of aromatic nitrogens is 1. The van der Waals surface area contributed by atoms with Crippen molar-refractivity contribution in [1.29, 1.82) is 0 Å². The fourth-order valence-corrected chi connectivity index (χ4v) is 2.43. The summed E-state index contributed by atoms with van der Waals surface area (Å²) in [5, 5.41) is 2.95. The Labute approximate surface area is 135 Å². The zero-order valence-corrected chi connectivity index (χ0v) is 13.8. The summed E-state index contributed by atoms with van der Waals surface area (Å²) >= 11 is 0. The van der Waals surface area contributed by atoms with E-state index in [9.17, 15) is 4.79 Å². The Kier molecular flexibility index (Phi) is 3.90. The monoisotopic (exact) mass is 308 g/mol. The lowest BCUT2D eigenvalue weighted by atomic mass is 10.1. The minimum atomic E-state index is -0.0645. The summed E-state index contributed by atoms with van der Waals surface area (Å²) in [4.78, 5) is 16.5. The molecule has 4 heteroatoms. The van der Waals surface area contributed by atoms with Crippen LogP contribution >= 0.6 is 0 Å². The third kappa shape index (κ3) is 2.97. The fraction of sp³-hybridized carbons (Fsp3) is 0.263. The average molecular weight is 308 g/mol. The van der Waals surface area contributed by atoms with Crippen molar-refractivity contribution in [3.63, 3.8) is 0 Å². The van der Waals surface area contributed by atoms with E-state index in [2.05, 4.69) is 10.3 Å². The standard InChI is InChI=1S/C19H20N2O2/c1-11(2)18(22)20-15-7-5-6-14(13(15)4)19-21-16-10-12(3)8-9-17(16)23-19/h5-11H,1-4H3,(H,20,22). The second-order valence-electron chi connectivity index (χ2n) is 6.11. The van der Waals surface area contributed by atoms with E-state index < -0.39 is 0 Å². The SMILES string of the molecule is Cc1ccc2oc(-c3cccc(NC(=O)C(C)C)c3C)nc2c1. The van der Waals surface area contributed by atoms with E-state index in [1.54, 1.807) is 0 Å². The van der Waals surface area contributed by atoms with Gasteiger partial charge in [0.2, 0.25) is 11.8 Å². The molecule has 4 nitrogen and oxygen atoms in total. The van der Waals surface area contributed by atoms with Gasteiger partial charge in [-0.3, -0.25) is 4.79 Å². The van der Waals surface area contributed by atoms with Crippen LogP contribution in [0.2, 0.25) is 0 Å². The Morgan fingerprint density at radius 2 is 1.96 bits per heavy atom. The van der Waals surface area contributed by atoms with E-state index in [1.807, 2.05) is 64.1 Å². The van der Waals surface area contributed by atoms with Crippen LogP contribution in [0.15, 0.2) is 40.8 Å². The predicted octanol–water partition coefficient (Wildman–Crippen LogP) is 4.71. The van der Waals surface area contributed by atoms with Crippen LogP contribution in [0, 0.1) is 19.8 Å². The van der Waals surface area contributed by atoms with Gasteiger partial charge in [-0.2, -0.15) is 0 Å². The lowest BCUT2D eigenvalue weighted by Gasteiger charge is -2.12. The van der Waals surface area contributed by atoms with Gasteiger partial charge in [0.05, 0.1) is 0 Å². The van der Waals surface area contributed by atoms with Crippen LogP contribution in [0.3, 0.4) is 0 Å². The van der Waals surface area contributed by atoms with Gasteiger partial charge in [-0.25, -0.2) is 4.98 Å². The van der Waals surface area contributed by atoms with Crippen LogP contribution < -0.4 is 5.32 Å². The number of oxazole rings is 1. The highest BCUT2D eigenvalue weighted by Gasteiger charge is 2.15. The third-order valence-electron chi connectivity index (χ3n) is 3.89. The van der Waals surface area contributed by atoms with Gasteiger partial charge in [0.15, 0.2) is 5.58 Å². The quantitative estimate of drug-likeness (QED) is 0.762. The number of hydrogen-bond donors (Lipinski definition) is 1. The number of aryl methyl sites for hydroxylation is 1. The van der Waals surface area contributed by atoms with Crippen molar-refractivity contribution in [2.24, 2.45) is 5.92 Å². The van der Waals surface area contributed by atoms with Crippen LogP contribution in [0.5, 0.6) is 0 Å². The van der Waals surface area contributed by atoms with Gasteiger partial charge in [0.25, 0.3) is 0 Å². The van der Waals surface area contributed by atoms with Crippen LogP contribution in [-0.4, -0.2) is 10.9 Å². The molecule has 0 aliphatic heterocycles. The largest absolute Gasteiger partial charge is 0.436 e. The number of nitrogens with zero attached hydrogens (tertiary/aromatic N) is 1. The molecule has 0 aliphatic carbocycles. The van der Waals surface area contributed by atoms with Crippen LogP contribution in [0.25, 0.3) is 22.6 Å². The molecule has 3 rings (SSSR count). The molecule has 1 N–H and O–H groups in total. The summed E-state index contributed by atoms with van der Waals surface area (Å²) in [6.45, 7) is 7.74. The first-order chi connectivity index (χ1) is 11.0. The third-order valence-corrected chi connectivity index (χ3v) is 3.89. The normalized spacial score (nSPS) is 11.2. The van der Waals surface area contributed by atoms with Crippen LogP contribution in [0.1, 0.15) is 25.0 Å². The Morgan fingerprint density at radius 3 is 2.70 bits per heavy atom. The molecule has 118 valence electrons. The first-order valence-corrected chi connectivity index (χ1v) is 7.74. The minimum Gasteiger partial charge on any atom is -0.436 e. The molecule has 0 saturated heterocycles. The van der Waals surface area contributed by atoms with E-state index in [-0.39, 0.29) is 11.8 Å². The van der Waals surface area contributed by atoms with E-state index in [0.717, 1.165) is 33.5 Å². The maximum Gasteiger partial charge on any atom is 0.227 e. The maximum atomic E-state index is 11.9. The van der Waals surface area contributed by atoms with Gasteiger partial charge in [0, 0.05) is 17.2 Å². The zero-order valence-electron chi connectivity index (χ0n) is 13.8. The highest BCUT2D eigenvalue weighted by atomic mass is 16.3. The highest BCUT2D eigenvalue weighted by Crippen LogP contribution is 2.30. The number of carbonyl (C=O) groups excluding carboxylic acids is 1. The van der Waals surface area contributed by atoms with E-state index >= 15 is 0 Å². The molecule has 1 heterocycles. The van der Waals surface area contributed by atoms with Gasteiger partial charge in [0.1, 0.15) is 5.52 Å². The van der Waals surface area contributed by atoms with Crippen molar-refractivity contribution in [2.75, 3.05) is 5.32 Å². The summed E-state index contributed by atoms with van der Waals surface area (Å²) in [5.74, 6) is 0.507. The van der Waals surface area contributed by atoms with Gasteiger partial charge < -0.3 is 9.73 Å². The second kappa shape index (κ2) is 5.88. The number of rotatable bonds is 3. The lowest BCUT2D eigenvalue weighted by molar-refractivity contribution is -0.118. The first-order valence-electron chi connectivity index (χ1n) is 7.74. The van der Waals surface area contributed by atoms with Gasteiger partial charge in [-0.15, -0.1) is 0 Å².